The maximum absolute atomic E-state index is 5.52. The first-order chi connectivity index (χ1) is 6.25. The van der Waals surface area contributed by atoms with Gasteiger partial charge in [-0.1, -0.05) is 22.0 Å². The van der Waals surface area contributed by atoms with Crippen LogP contribution in [-0.4, -0.2) is 10.1 Å². The van der Waals surface area contributed by atoms with Crippen LogP contribution in [-0.2, 0) is 0 Å². The maximum Gasteiger partial charge on any atom is 0.264 e. The van der Waals surface area contributed by atoms with Crippen LogP contribution in [0.2, 0.25) is 5.28 Å². The molecule has 1 heterocycles. The standard InChI is InChI=1S/C8H4BrClN2O/c9-6-3-1-2-5(4-6)7-11-8(10)12-13-7/h1-4H. The lowest BCUT2D eigenvalue weighted by atomic mass is 10.2. The van der Waals surface area contributed by atoms with Crippen LogP contribution in [0.15, 0.2) is 33.3 Å². The summed E-state index contributed by atoms with van der Waals surface area (Å²) in [6, 6.07) is 7.55. The minimum atomic E-state index is 0.120. The molecule has 0 radical (unpaired) electrons. The second-order valence-corrected chi connectivity index (χ2v) is 3.63. The number of hydrogen-bond acceptors (Lipinski definition) is 3. The van der Waals surface area contributed by atoms with E-state index < -0.39 is 0 Å². The second kappa shape index (κ2) is 3.47. The molecule has 0 saturated heterocycles. The fourth-order valence-electron chi connectivity index (χ4n) is 0.944. The van der Waals surface area contributed by atoms with Crippen molar-refractivity contribution in [3.63, 3.8) is 0 Å². The zero-order valence-electron chi connectivity index (χ0n) is 6.37. The van der Waals surface area contributed by atoms with Gasteiger partial charge in [-0.15, -0.1) is 0 Å². The molecule has 0 saturated carbocycles. The first-order valence-electron chi connectivity index (χ1n) is 3.51. The van der Waals surface area contributed by atoms with Gasteiger partial charge in [-0.3, -0.25) is 0 Å². The highest BCUT2D eigenvalue weighted by Crippen LogP contribution is 2.21. The Morgan fingerprint density at radius 1 is 1.38 bits per heavy atom. The average molecular weight is 259 g/mol. The highest BCUT2D eigenvalue weighted by Gasteiger charge is 2.06. The summed E-state index contributed by atoms with van der Waals surface area (Å²) in [7, 11) is 0. The quantitative estimate of drug-likeness (QED) is 0.790. The maximum atomic E-state index is 5.52. The molecule has 5 heteroatoms. The number of halogens is 2. The lowest BCUT2D eigenvalue weighted by Crippen LogP contribution is -1.76. The van der Waals surface area contributed by atoms with Crippen molar-refractivity contribution in [2.24, 2.45) is 0 Å². The van der Waals surface area contributed by atoms with E-state index in [1.165, 1.54) is 0 Å². The number of rotatable bonds is 1. The SMILES string of the molecule is Clc1noc(-c2cccc(Br)c2)n1. The van der Waals surface area contributed by atoms with Crippen molar-refractivity contribution in [1.29, 1.82) is 0 Å². The van der Waals surface area contributed by atoms with Crippen LogP contribution in [0.25, 0.3) is 11.5 Å². The summed E-state index contributed by atoms with van der Waals surface area (Å²) in [4.78, 5) is 3.89. The van der Waals surface area contributed by atoms with Gasteiger partial charge >= 0.3 is 0 Å². The Morgan fingerprint density at radius 2 is 2.23 bits per heavy atom. The molecule has 0 aliphatic heterocycles. The van der Waals surface area contributed by atoms with Gasteiger partial charge in [-0.05, 0) is 35.0 Å². The van der Waals surface area contributed by atoms with E-state index >= 15 is 0 Å². The van der Waals surface area contributed by atoms with E-state index in [-0.39, 0.29) is 5.28 Å². The van der Waals surface area contributed by atoms with Crippen molar-refractivity contribution in [1.82, 2.24) is 10.1 Å². The Morgan fingerprint density at radius 3 is 2.85 bits per heavy atom. The van der Waals surface area contributed by atoms with Gasteiger partial charge in [0, 0.05) is 10.0 Å². The average Bonchev–Trinajstić information content (AvgIpc) is 2.52. The molecule has 0 aliphatic rings. The molecule has 13 heavy (non-hydrogen) atoms. The van der Waals surface area contributed by atoms with Gasteiger partial charge in [0.2, 0.25) is 0 Å². The minimum Gasteiger partial charge on any atom is -0.333 e. The van der Waals surface area contributed by atoms with Gasteiger partial charge in [-0.25, -0.2) is 0 Å². The van der Waals surface area contributed by atoms with Crippen LogP contribution in [0.5, 0.6) is 0 Å². The summed E-state index contributed by atoms with van der Waals surface area (Å²) in [5, 5.41) is 3.61. The van der Waals surface area contributed by atoms with Gasteiger partial charge in [0.1, 0.15) is 0 Å². The van der Waals surface area contributed by atoms with Gasteiger partial charge in [-0.2, -0.15) is 4.98 Å². The minimum absolute atomic E-state index is 0.120. The van der Waals surface area contributed by atoms with Crippen LogP contribution in [0.4, 0.5) is 0 Å². The number of hydrogen-bond donors (Lipinski definition) is 0. The highest BCUT2D eigenvalue weighted by atomic mass is 79.9. The summed E-state index contributed by atoms with van der Waals surface area (Å²) >= 11 is 8.87. The monoisotopic (exact) mass is 258 g/mol. The molecule has 0 aliphatic carbocycles. The number of benzene rings is 1. The fourth-order valence-corrected chi connectivity index (χ4v) is 1.45. The Kier molecular flexibility index (Phi) is 2.33. The Bertz CT molecular complexity index is 430. The molecule has 2 rings (SSSR count). The third-order valence-electron chi connectivity index (χ3n) is 1.47. The van der Waals surface area contributed by atoms with Gasteiger partial charge in [0.05, 0.1) is 0 Å². The Hall–Kier alpha value is -0.870. The molecule has 66 valence electrons. The van der Waals surface area contributed by atoms with Crippen molar-refractivity contribution >= 4 is 27.5 Å². The molecule has 3 nitrogen and oxygen atoms in total. The summed E-state index contributed by atoms with van der Waals surface area (Å²) in [6.07, 6.45) is 0. The summed E-state index contributed by atoms with van der Waals surface area (Å²) in [5.41, 5.74) is 0.841. The Labute approximate surface area is 87.8 Å². The van der Waals surface area contributed by atoms with E-state index in [0.717, 1.165) is 10.0 Å². The van der Waals surface area contributed by atoms with Crippen molar-refractivity contribution in [3.05, 3.63) is 34.0 Å². The van der Waals surface area contributed by atoms with Crippen molar-refractivity contribution < 1.29 is 4.52 Å². The van der Waals surface area contributed by atoms with Crippen LogP contribution >= 0.6 is 27.5 Å². The van der Waals surface area contributed by atoms with Gasteiger partial charge in [0.15, 0.2) is 0 Å². The van der Waals surface area contributed by atoms with E-state index in [2.05, 4.69) is 26.1 Å². The largest absolute Gasteiger partial charge is 0.333 e. The smallest absolute Gasteiger partial charge is 0.264 e. The lowest BCUT2D eigenvalue weighted by Gasteiger charge is -1.93. The molecule has 0 unspecified atom stereocenters. The topological polar surface area (TPSA) is 38.9 Å². The predicted molar refractivity (Wildman–Crippen MR) is 52.4 cm³/mol. The molecule has 0 atom stereocenters. The van der Waals surface area contributed by atoms with E-state index in [0.29, 0.717) is 5.89 Å². The highest BCUT2D eigenvalue weighted by molar-refractivity contribution is 9.10. The summed E-state index contributed by atoms with van der Waals surface area (Å²) < 4.78 is 5.85. The van der Waals surface area contributed by atoms with E-state index in [9.17, 15) is 0 Å². The third kappa shape index (κ3) is 1.89. The summed E-state index contributed by atoms with van der Waals surface area (Å²) in [6.45, 7) is 0. The normalized spacial score (nSPS) is 10.3. The van der Waals surface area contributed by atoms with Crippen LogP contribution in [0.3, 0.4) is 0 Å². The van der Waals surface area contributed by atoms with E-state index in [1.54, 1.807) is 0 Å². The molecular formula is C8H4BrClN2O. The number of nitrogens with zero attached hydrogens (tertiary/aromatic N) is 2. The molecule has 0 bridgehead atoms. The zero-order valence-corrected chi connectivity index (χ0v) is 8.71. The zero-order chi connectivity index (χ0) is 9.26. The first kappa shape index (κ1) is 8.72. The third-order valence-corrected chi connectivity index (χ3v) is 2.12. The molecule has 0 spiro atoms. The lowest BCUT2D eigenvalue weighted by molar-refractivity contribution is 0.430. The van der Waals surface area contributed by atoms with Crippen LogP contribution < -0.4 is 0 Å². The first-order valence-corrected chi connectivity index (χ1v) is 4.68. The second-order valence-electron chi connectivity index (χ2n) is 2.38. The Balaban J connectivity index is 2.46. The molecule has 2 aromatic rings. The van der Waals surface area contributed by atoms with E-state index in [1.807, 2.05) is 24.3 Å². The summed E-state index contributed by atoms with van der Waals surface area (Å²) in [5.74, 6) is 0.423. The van der Waals surface area contributed by atoms with E-state index in [4.69, 9.17) is 16.1 Å². The molecule has 1 aromatic heterocycles. The van der Waals surface area contributed by atoms with Gasteiger partial charge in [0.25, 0.3) is 11.2 Å². The molecule has 0 amide bonds. The van der Waals surface area contributed by atoms with Crippen molar-refractivity contribution in [3.8, 4) is 11.5 Å². The predicted octanol–water partition coefficient (Wildman–Crippen LogP) is 3.15. The molecule has 1 aromatic carbocycles. The van der Waals surface area contributed by atoms with Gasteiger partial charge < -0.3 is 4.52 Å². The molecular weight excluding hydrogens is 255 g/mol. The molecule has 0 N–H and O–H groups in total. The van der Waals surface area contributed by atoms with Crippen molar-refractivity contribution in [2.45, 2.75) is 0 Å². The fraction of sp³-hybridized carbons (Fsp3) is 0. The molecule has 0 fully saturated rings. The van der Waals surface area contributed by atoms with Crippen molar-refractivity contribution in [2.75, 3.05) is 0 Å². The number of aromatic nitrogens is 2. The van der Waals surface area contributed by atoms with Crippen LogP contribution in [0, 0.1) is 0 Å². The van der Waals surface area contributed by atoms with Crippen LogP contribution in [0.1, 0.15) is 0 Å².